The maximum atomic E-state index is 13.0. The Bertz CT molecular complexity index is 1250. The van der Waals surface area contributed by atoms with E-state index >= 15 is 0 Å². The number of piperidine rings is 1. The first-order valence-corrected chi connectivity index (χ1v) is 13.4. The second-order valence-corrected chi connectivity index (χ2v) is 10.3. The smallest absolute Gasteiger partial charge is 0.255 e. The van der Waals surface area contributed by atoms with Crippen LogP contribution in [0.4, 0.5) is 0 Å². The van der Waals surface area contributed by atoms with Crippen LogP contribution in [-0.4, -0.2) is 72.8 Å². The van der Waals surface area contributed by atoms with Gasteiger partial charge in [-0.3, -0.25) is 29.4 Å². The molecular formula is C29H34N4O6. The van der Waals surface area contributed by atoms with E-state index in [0.29, 0.717) is 37.5 Å². The predicted molar refractivity (Wildman–Crippen MR) is 142 cm³/mol. The molecule has 1 unspecified atom stereocenters. The van der Waals surface area contributed by atoms with Crippen LogP contribution in [0.5, 0.6) is 5.75 Å². The molecule has 4 amide bonds. The third kappa shape index (κ3) is 6.12. The largest absolute Gasteiger partial charge is 0.489 e. The molecule has 0 spiro atoms. The van der Waals surface area contributed by atoms with Crippen molar-refractivity contribution in [2.45, 2.75) is 45.0 Å². The van der Waals surface area contributed by atoms with Crippen LogP contribution in [0.25, 0.3) is 0 Å². The van der Waals surface area contributed by atoms with Gasteiger partial charge in [-0.25, -0.2) is 0 Å². The Morgan fingerprint density at radius 2 is 1.87 bits per heavy atom. The number of nitrogens with one attached hydrogen (secondary N) is 2. The van der Waals surface area contributed by atoms with Crippen molar-refractivity contribution in [3.05, 3.63) is 64.7 Å². The fourth-order valence-corrected chi connectivity index (χ4v) is 5.46. The number of carbonyl (C=O) groups is 4. The summed E-state index contributed by atoms with van der Waals surface area (Å²) in [5, 5.41) is 5.26. The van der Waals surface area contributed by atoms with Gasteiger partial charge in [-0.05, 0) is 42.6 Å². The number of benzene rings is 2. The Hall–Kier alpha value is -3.76. The molecule has 2 atom stereocenters. The number of hydrogen-bond donors (Lipinski definition) is 2. The molecule has 2 fully saturated rings. The van der Waals surface area contributed by atoms with Crippen molar-refractivity contribution in [3.8, 4) is 5.75 Å². The summed E-state index contributed by atoms with van der Waals surface area (Å²) in [7, 11) is 1.62. The Morgan fingerprint density at radius 3 is 2.64 bits per heavy atom. The van der Waals surface area contributed by atoms with Crippen LogP contribution in [0.2, 0.25) is 0 Å². The first-order chi connectivity index (χ1) is 18.9. The molecule has 3 aliphatic rings. The normalized spacial score (nSPS) is 21.2. The van der Waals surface area contributed by atoms with Gasteiger partial charge in [0.15, 0.2) is 0 Å². The van der Waals surface area contributed by atoms with Crippen molar-refractivity contribution in [1.29, 1.82) is 0 Å². The van der Waals surface area contributed by atoms with Crippen molar-refractivity contribution in [3.63, 3.8) is 0 Å². The highest BCUT2D eigenvalue weighted by molar-refractivity contribution is 6.05. The van der Waals surface area contributed by atoms with Crippen LogP contribution in [-0.2, 0) is 38.8 Å². The molecule has 0 bridgehead atoms. The number of rotatable bonds is 10. The van der Waals surface area contributed by atoms with Gasteiger partial charge in [-0.2, -0.15) is 0 Å². The van der Waals surface area contributed by atoms with Gasteiger partial charge in [-0.15, -0.1) is 0 Å². The Labute approximate surface area is 227 Å². The molecule has 3 heterocycles. The molecule has 10 heteroatoms. The van der Waals surface area contributed by atoms with E-state index in [1.54, 1.807) is 19.2 Å². The van der Waals surface area contributed by atoms with Crippen LogP contribution in [0.1, 0.15) is 46.3 Å². The minimum absolute atomic E-state index is 0.0138. The number of nitrogens with zero attached hydrogens (tertiary/aromatic N) is 2. The summed E-state index contributed by atoms with van der Waals surface area (Å²) >= 11 is 0. The van der Waals surface area contributed by atoms with Crippen LogP contribution in [0.3, 0.4) is 0 Å². The van der Waals surface area contributed by atoms with E-state index in [-0.39, 0.29) is 36.6 Å². The summed E-state index contributed by atoms with van der Waals surface area (Å²) in [5.41, 5.74) is 3.47. The summed E-state index contributed by atoms with van der Waals surface area (Å²) in [6.45, 7) is 4.10. The molecule has 206 valence electrons. The molecule has 2 saturated heterocycles. The molecular weight excluding hydrogens is 500 g/mol. The molecule has 0 aromatic heterocycles. The monoisotopic (exact) mass is 534 g/mol. The van der Waals surface area contributed by atoms with Gasteiger partial charge in [0.05, 0.1) is 19.1 Å². The number of methoxy groups -OCH3 is 1. The van der Waals surface area contributed by atoms with E-state index < -0.39 is 11.9 Å². The molecule has 39 heavy (non-hydrogen) atoms. The molecule has 0 radical (unpaired) electrons. The Balaban J connectivity index is 1.14. The van der Waals surface area contributed by atoms with E-state index in [1.807, 2.05) is 18.2 Å². The van der Waals surface area contributed by atoms with E-state index in [0.717, 1.165) is 37.2 Å². The lowest BCUT2D eigenvalue weighted by atomic mass is 10.0. The molecule has 2 aromatic carbocycles. The lowest BCUT2D eigenvalue weighted by molar-refractivity contribution is -0.137. The maximum Gasteiger partial charge on any atom is 0.255 e. The highest BCUT2D eigenvalue weighted by Gasteiger charge is 2.40. The van der Waals surface area contributed by atoms with Gasteiger partial charge in [0.25, 0.3) is 5.91 Å². The number of imide groups is 1. The highest BCUT2D eigenvalue weighted by atomic mass is 16.5. The average Bonchev–Trinajstić information content (AvgIpc) is 3.53. The van der Waals surface area contributed by atoms with Gasteiger partial charge in [0.2, 0.25) is 17.7 Å². The molecule has 0 aliphatic carbocycles. The van der Waals surface area contributed by atoms with Gasteiger partial charge in [0.1, 0.15) is 18.4 Å². The summed E-state index contributed by atoms with van der Waals surface area (Å²) in [4.78, 5) is 53.0. The second-order valence-electron chi connectivity index (χ2n) is 10.3. The van der Waals surface area contributed by atoms with Gasteiger partial charge < -0.3 is 19.7 Å². The summed E-state index contributed by atoms with van der Waals surface area (Å²) in [5.74, 6) is -0.222. The third-order valence-corrected chi connectivity index (χ3v) is 7.61. The van der Waals surface area contributed by atoms with Gasteiger partial charge in [-0.1, -0.05) is 30.3 Å². The van der Waals surface area contributed by atoms with Gasteiger partial charge in [0, 0.05) is 44.3 Å². The number of hydrogen-bond acceptors (Lipinski definition) is 7. The Morgan fingerprint density at radius 1 is 1.08 bits per heavy atom. The number of carbonyl (C=O) groups excluding carboxylic acids is 4. The zero-order valence-electron chi connectivity index (χ0n) is 22.1. The van der Waals surface area contributed by atoms with Crippen LogP contribution < -0.4 is 15.4 Å². The lowest BCUT2D eigenvalue weighted by Gasteiger charge is -2.29. The van der Waals surface area contributed by atoms with Crippen LogP contribution in [0, 0.1) is 5.92 Å². The number of ether oxygens (including phenoxy) is 2. The summed E-state index contributed by atoms with van der Waals surface area (Å²) in [6, 6.07) is 12.9. The maximum absolute atomic E-state index is 13.0. The highest BCUT2D eigenvalue weighted by Crippen LogP contribution is 2.34. The quantitative estimate of drug-likeness (QED) is 0.351. The van der Waals surface area contributed by atoms with Crippen molar-refractivity contribution in [2.75, 3.05) is 33.4 Å². The molecule has 10 nitrogen and oxygen atoms in total. The molecule has 2 N–H and O–H groups in total. The predicted octanol–water partition coefficient (Wildman–Crippen LogP) is 1.61. The van der Waals surface area contributed by atoms with E-state index in [2.05, 4.69) is 27.7 Å². The topological polar surface area (TPSA) is 117 Å². The minimum Gasteiger partial charge on any atom is -0.489 e. The molecule has 2 aromatic rings. The van der Waals surface area contributed by atoms with Gasteiger partial charge >= 0.3 is 0 Å². The van der Waals surface area contributed by atoms with Crippen molar-refractivity contribution in [2.24, 2.45) is 5.92 Å². The lowest BCUT2D eigenvalue weighted by Crippen LogP contribution is -2.52. The fourth-order valence-electron chi connectivity index (χ4n) is 5.46. The van der Waals surface area contributed by atoms with Crippen molar-refractivity contribution >= 4 is 23.6 Å². The molecule has 3 aliphatic heterocycles. The van der Waals surface area contributed by atoms with Crippen LogP contribution >= 0.6 is 0 Å². The number of likely N-dealkylation sites (tertiary alicyclic amines) is 1. The molecule has 5 rings (SSSR count). The second kappa shape index (κ2) is 12.0. The fraction of sp³-hybridized carbons (Fsp3) is 0.448. The third-order valence-electron chi connectivity index (χ3n) is 7.61. The first-order valence-electron chi connectivity index (χ1n) is 13.4. The summed E-state index contributed by atoms with van der Waals surface area (Å²) in [6.07, 6.45) is 1.40. The van der Waals surface area contributed by atoms with Crippen molar-refractivity contribution in [1.82, 2.24) is 20.4 Å². The standard InChI is InChI=1S/C29H34N4O6/c1-38-14-12-30-27(35)21-11-13-32(16-21)15-19-5-7-20(8-6-19)18-39-25-4-2-3-22-23(25)17-33(29(22)37)24-9-10-26(34)31-28(24)36/h2-8,21,24H,9-18H2,1H3,(H,30,35)(H,31,34,36)/t21?,24-/m0/s1. The zero-order valence-corrected chi connectivity index (χ0v) is 22.1. The summed E-state index contributed by atoms with van der Waals surface area (Å²) < 4.78 is 11.1. The number of fused-ring (bicyclic) bond motifs is 1. The van der Waals surface area contributed by atoms with E-state index in [1.165, 1.54) is 10.5 Å². The van der Waals surface area contributed by atoms with Crippen molar-refractivity contribution < 1.29 is 28.7 Å². The van der Waals surface area contributed by atoms with E-state index in [4.69, 9.17) is 9.47 Å². The molecule has 0 saturated carbocycles. The average molecular weight is 535 g/mol. The first kappa shape index (κ1) is 26.8. The minimum atomic E-state index is -0.654. The van der Waals surface area contributed by atoms with Crippen LogP contribution in [0.15, 0.2) is 42.5 Å². The Kier molecular flexibility index (Phi) is 8.23. The SMILES string of the molecule is COCCNC(=O)C1CCN(Cc2ccc(COc3cccc4c3CN([C@H]3CCC(=O)NC3=O)C4=O)cc2)C1. The number of amides is 4. The van der Waals surface area contributed by atoms with E-state index in [9.17, 15) is 19.2 Å². The zero-order chi connectivity index (χ0) is 27.4.